The largest absolute Gasteiger partial charge is 0.341 e. The molecule has 0 bridgehead atoms. The molecule has 0 heterocycles. The molecule has 1 fully saturated rings. The Morgan fingerprint density at radius 2 is 2.05 bits per heavy atom. The molecule has 1 aliphatic rings. The molecule has 3 heteroatoms. The molecular formula is C16H24N2O. The molecule has 0 aliphatic heterocycles. The Hall–Kier alpha value is -1.35. The molecule has 2 rings (SSSR count). The highest BCUT2D eigenvalue weighted by Gasteiger charge is 2.27. The molecule has 2 N–H and O–H groups in total. The summed E-state index contributed by atoms with van der Waals surface area (Å²) in [6.07, 6.45) is 4.13. The summed E-state index contributed by atoms with van der Waals surface area (Å²) in [5, 5.41) is 0. The zero-order valence-electron chi connectivity index (χ0n) is 11.7. The van der Waals surface area contributed by atoms with Crippen molar-refractivity contribution in [2.24, 2.45) is 11.7 Å². The third-order valence-electron chi connectivity index (χ3n) is 3.77. The molecule has 1 aliphatic carbocycles. The third kappa shape index (κ3) is 4.35. The van der Waals surface area contributed by atoms with Gasteiger partial charge in [-0.25, -0.2) is 0 Å². The van der Waals surface area contributed by atoms with Crippen molar-refractivity contribution in [3.8, 4) is 0 Å². The van der Waals surface area contributed by atoms with E-state index >= 15 is 0 Å². The quantitative estimate of drug-likeness (QED) is 0.817. The fourth-order valence-electron chi connectivity index (χ4n) is 2.31. The standard InChI is InChI=1S/C16H24N2O/c1-2-18(12-14-8-9-14)16(19)15(17)11-10-13-6-4-3-5-7-13/h3-7,14-15H,2,8-12,17H2,1H3/t15-/m0/s1. The molecule has 0 radical (unpaired) electrons. The Bertz CT molecular complexity index is 400. The minimum atomic E-state index is -0.362. The summed E-state index contributed by atoms with van der Waals surface area (Å²) >= 11 is 0. The van der Waals surface area contributed by atoms with E-state index in [4.69, 9.17) is 5.73 Å². The molecule has 0 aromatic heterocycles. The van der Waals surface area contributed by atoms with Gasteiger partial charge in [-0.05, 0) is 44.1 Å². The number of amides is 1. The van der Waals surface area contributed by atoms with Crippen LogP contribution in [0.15, 0.2) is 30.3 Å². The summed E-state index contributed by atoms with van der Waals surface area (Å²) in [5.41, 5.74) is 7.29. The number of carbonyl (C=O) groups is 1. The van der Waals surface area contributed by atoms with Crippen molar-refractivity contribution < 1.29 is 4.79 Å². The molecule has 1 aromatic carbocycles. The molecule has 1 atom stereocenters. The molecule has 0 saturated heterocycles. The Balaban J connectivity index is 1.80. The highest BCUT2D eigenvalue weighted by atomic mass is 16.2. The van der Waals surface area contributed by atoms with Gasteiger partial charge in [0.2, 0.25) is 5.91 Å². The maximum atomic E-state index is 12.3. The molecule has 19 heavy (non-hydrogen) atoms. The van der Waals surface area contributed by atoms with Crippen LogP contribution in [0.5, 0.6) is 0 Å². The second-order valence-corrected chi connectivity index (χ2v) is 5.45. The van der Waals surface area contributed by atoms with Crippen LogP contribution in [0.25, 0.3) is 0 Å². The van der Waals surface area contributed by atoms with Gasteiger partial charge >= 0.3 is 0 Å². The predicted molar refractivity (Wildman–Crippen MR) is 77.7 cm³/mol. The van der Waals surface area contributed by atoms with E-state index in [1.807, 2.05) is 30.0 Å². The zero-order chi connectivity index (χ0) is 13.7. The Labute approximate surface area is 115 Å². The van der Waals surface area contributed by atoms with Crippen LogP contribution in [0, 0.1) is 5.92 Å². The van der Waals surface area contributed by atoms with Gasteiger partial charge in [-0.3, -0.25) is 4.79 Å². The summed E-state index contributed by atoms with van der Waals surface area (Å²) in [6, 6.07) is 9.85. The van der Waals surface area contributed by atoms with Crippen LogP contribution in [-0.2, 0) is 11.2 Å². The van der Waals surface area contributed by atoms with Crippen LogP contribution in [0.1, 0.15) is 31.7 Å². The van der Waals surface area contributed by atoms with Crippen LogP contribution < -0.4 is 5.73 Å². The fraction of sp³-hybridized carbons (Fsp3) is 0.562. The molecule has 1 saturated carbocycles. The molecule has 1 amide bonds. The van der Waals surface area contributed by atoms with E-state index in [0.717, 1.165) is 31.8 Å². The Morgan fingerprint density at radius 3 is 2.63 bits per heavy atom. The first-order valence-electron chi connectivity index (χ1n) is 7.29. The first kappa shape index (κ1) is 14.1. The number of hydrogen-bond acceptors (Lipinski definition) is 2. The molecule has 0 unspecified atom stereocenters. The van der Waals surface area contributed by atoms with Gasteiger partial charge in [0.15, 0.2) is 0 Å². The average Bonchev–Trinajstić information content (AvgIpc) is 3.26. The van der Waals surface area contributed by atoms with E-state index in [2.05, 4.69) is 12.1 Å². The fourth-order valence-corrected chi connectivity index (χ4v) is 2.31. The second-order valence-electron chi connectivity index (χ2n) is 5.45. The van der Waals surface area contributed by atoms with E-state index < -0.39 is 0 Å². The number of carbonyl (C=O) groups excluding carboxylic acids is 1. The molecule has 104 valence electrons. The number of likely N-dealkylation sites (N-methyl/N-ethyl adjacent to an activating group) is 1. The highest BCUT2D eigenvalue weighted by molar-refractivity contribution is 5.81. The SMILES string of the molecule is CCN(CC1CC1)C(=O)[C@@H](N)CCc1ccccc1. The summed E-state index contributed by atoms with van der Waals surface area (Å²) in [7, 11) is 0. The van der Waals surface area contributed by atoms with E-state index in [-0.39, 0.29) is 11.9 Å². The summed E-state index contributed by atoms with van der Waals surface area (Å²) in [6.45, 7) is 3.70. The van der Waals surface area contributed by atoms with Crippen LogP contribution in [0.2, 0.25) is 0 Å². The van der Waals surface area contributed by atoms with E-state index in [9.17, 15) is 4.79 Å². The maximum Gasteiger partial charge on any atom is 0.239 e. The molecule has 0 spiro atoms. The lowest BCUT2D eigenvalue weighted by molar-refractivity contribution is -0.132. The van der Waals surface area contributed by atoms with Gasteiger partial charge in [0.25, 0.3) is 0 Å². The number of nitrogens with zero attached hydrogens (tertiary/aromatic N) is 1. The first-order valence-corrected chi connectivity index (χ1v) is 7.29. The van der Waals surface area contributed by atoms with Crippen molar-refractivity contribution >= 4 is 5.91 Å². The monoisotopic (exact) mass is 260 g/mol. The van der Waals surface area contributed by atoms with E-state index in [1.165, 1.54) is 18.4 Å². The minimum absolute atomic E-state index is 0.116. The Morgan fingerprint density at radius 1 is 1.37 bits per heavy atom. The average molecular weight is 260 g/mol. The lowest BCUT2D eigenvalue weighted by Crippen LogP contribution is -2.44. The number of benzene rings is 1. The zero-order valence-corrected chi connectivity index (χ0v) is 11.7. The number of nitrogens with two attached hydrogens (primary N) is 1. The van der Waals surface area contributed by atoms with Crippen LogP contribution in [0.4, 0.5) is 0 Å². The summed E-state index contributed by atoms with van der Waals surface area (Å²) in [5.74, 6) is 0.843. The van der Waals surface area contributed by atoms with Crippen LogP contribution >= 0.6 is 0 Å². The highest BCUT2D eigenvalue weighted by Crippen LogP contribution is 2.29. The van der Waals surface area contributed by atoms with Crippen molar-refractivity contribution in [2.75, 3.05) is 13.1 Å². The van der Waals surface area contributed by atoms with Crippen molar-refractivity contribution in [1.29, 1.82) is 0 Å². The van der Waals surface area contributed by atoms with E-state index in [0.29, 0.717) is 0 Å². The van der Waals surface area contributed by atoms with Gasteiger partial charge in [0.1, 0.15) is 0 Å². The maximum absolute atomic E-state index is 12.3. The van der Waals surface area contributed by atoms with Crippen molar-refractivity contribution in [2.45, 2.75) is 38.6 Å². The Kier molecular flexibility index (Phi) is 4.97. The lowest BCUT2D eigenvalue weighted by atomic mass is 10.0. The van der Waals surface area contributed by atoms with Gasteiger partial charge in [-0.15, -0.1) is 0 Å². The van der Waals surface area contributed by atoms with E-state index in [1.54, 1.807) is 0 Å². The second kappa shape index (κ2) is 6.71. The van der Waals surface area contributed by atoms with Gasteiger partial charge < -0.3 is 10.6 Å². The van der Waals surface area contributed by atoms with Gasteiger partial charge in [-0.2, -0.15) is 0 Å². The van der Waals surface area contributed by atoms with Gasteiger partial charge in [-0.1, -0.05) is 30.3 Å². The molecule has 1 aromatic rings. The molecule has 3 nitrogen and oxygen atoms in total. The lowest BCUT2D eigenvalue weighted by Gasteiger charge is -2.24. The van der Waals surface area contributed by atoms with Gasteiger partial charge in [0, 0.05) is 13.1 Å². The van der Waals surface area contributed by atoms with Gasteiger partial charge in [0.05, 0.1) is 6.04 Å². The minimum Gasteiger partial charge on any atom is -0.341 e. The first-order chi connectivity index (χ1) is 9.20. The summed E-state index contributed by atoms with van der Waals surface area (Å²) in [4.78, 5) is 14.2. The van der Waals surface area contributed by atoms with Crippen LogP contribution in [0.3, 0.4) is 0 Å². The smallest absolute Gasteiger partial charge is 0.239 e. The van der Waals surface area contributed by atoms with Crippen molar-refractivity contribution in [3.63, 3.8) is 0 Å². The summed E-state index contributed by atoms with van der Waals surface area (Å²) < 4.78 is 0. The molecular weight excluding hydrogens is 236 g/mol. The third-order valence-corrected chi connectivity index (χ3v) is 3.77. The normalized spacial score (nSPS) is 16.1. The predicted octanol–water partition coefficient (Wildman–Crippen LogP) is 2.21. The van der Waals surface area contributed by atoms with Crippen molar-refractivity contribution in [3.05, 3.63) is 35.9 Å². The van der Waals surface area contributed by atoms with Crippen molar-refractivity contribution in [1.82, 2.24) is 4.90 Å². The number of rotatable bonds is 7. The van der Waals surface area contributed by atoms with Crippen LogP contribution in [-0.4, -0.2) is 29.9 Å². The number of aryl methyl sites for hydroxylation is 1. The number of hydrogen-bond donors (Lipinski definition) is 1. The topological polar surface area (TPSA) is 46.3 Å².